The Morgan fingerprint density at radius 2 is 2.40 bits per heavy atom. The average Bonchev–Trinajstić information content (AvgIpc) is 2.90. The van der Waals surface area contributed by atoms with Crippen LogP contribution in [-0.4, -0.2) is 45.7 Å². The number of hydrogen-bond acceptors (Lipinski definition) is 5. The zero-order valence-corrected chi connectivity index (χ0v) is 11.8. The first-order valence-corrected chi connectivity index (χ1v) is 7.36. The Hall–Kier alpha value is -1.40. The van der Waals surface area contributed by atoms with E-state index in [1.165, 1.54) is 12.8 Å². The van der Waals surface area contributed by atoms with Gasteiger partial charge in [0.25, 0.3) is 5.56 Å². The van der Waals surface area contributed by atoms with Crippen LogP contribution in [0.5, 0.6) is 5.88 Å². The lowest BCUT2D eigenvalue weighted by Gasteiger charge is -2.34. The molecule has 1 aromatic heterocycles. The molecule has 2 fully saturated rings. The molecule has 0 bridgehead atoms. The zero-order valence-electron chi connectivity index (χ0n) is 11.8. The van der Waals surface area contributed by atoms with Crippen molar-refractivity contribution in [3.05, 3.63) is 21.7 Å². The van der Waals surface area contributed by atoms with Gasteiger partial charge in [-0.15, -0.1) is 0 Å². The minimum atomic E-state index is -0.251. The van der Waals surface area contributed by atoms with Gasteiger partial charge in [-0.2, -0.15) is 4.98 Å². The number of aromatic amines is 1. The van der Waals surface area contributed by atoms with Crippen molar-refractivity contribution in [3.63, 3.8) is 0 Å². The first-order valence-electron chi connectivity index (χ1n) is 7.36. The molecular weight excluding hydrogens is 258 g/mol. The Balaban J connectivity index is 1.82. The van der Waals surface area contributed by atoms with E-state index in [0.717, 1.165) is 19.5 Å². The molecule has 0 aromatic carbocycles. The van der Waals surface area contributed by atoms with E-state index in [-0.39, 0.29) is 17.5 Å². The fraction of sp³-hybridized carbons (Fsp3) is 0.714. The molecule has 0 amide bonds. The van der Waals surface area contributed by atoms with Gasteiger partial charge in [-0.1, -0.05) is 13.3 Å². The molecule has 3 rings (SSSR count). The summed E-state index contributed by atoms with van der Waals surface area (Å²) in [7, 11) is 0. The van der Waals surface area contributed by atoms with Crippen LogP contribution in [0.15, 0.2) is 4.79 Å². The zero-order chi connectivity index (χ0) is 14.1. The minimum Gasteiger partial charge on any atom is -0.493 e. The largest absolute Gasteiger partial charge is 0.493 e. The number of aromatic nitrogens is 2. The Labute approximate surface area is 117 Å². The maximum Gasteiger partial charge on any atom is 0.258 e. The van der Waals surface area contributed by atoms with E-state index in [9.17, 15) is 9.90 Å². The van der Waals surface area contributed by atoms with Crippen LogP contribution >= 0.6 is 0 Å². The number of nitrogens with one attached hydrogen (secondary N) is 1. The number of fused-ring (bicyclic) bond motifs is 1. The molecule has 6 heteroatoms. The summed E-state index contributed by atoms with van der Waals surface area (Å²) >= 11 is 0. The Kier molecular flexibility index (Phi) is 3.76. The van der Waals surface area contributed by atoms with Crippen molar-refractivity contribution in [1.82, 2.24) is 14.9 Å². The first kappa shape index (κ1) is 13.6. The summed E-state index contributed by atoms with van der Waals surface area (Å²) in [5, 5.41) is 9.92. The predicted molar refractivity (Wildman–Crippen MR) is 73.8 cm³/mol. The number of rotatable bonds is 3. The fourth-order valence-electron chi connectivity index (χ4n) is 3.11. The lowest BCUT2D eigenvalue weighted by Crippen LogP contribution is -2.43. The van der Waals surface area contributed by atoms with E-state index in [2.05, 4.69) is 14.9 Å². The Bertz CT molecular complexity index is 543. The highest BCUT2D eigenvalue weighted by Crippen LogP contribution is 2.28. The number of morpholine rings is 1. The molecule has 110 valence electrons. The summed E-state index contributed by atoms with van der Waals surface area (Å²) in [5.41, 5.74) is 0.118. The van der Waals surface area contributed by atoms with Gasteiger partial charge < -0.3 is 14.8 Å². The molecule has 1 aromatic rings. The molecular formula is C14H21N3O3. The summed E-state index contributed by atoms with van der Waals surface area (Å²) in [6.07, 6.45) is 3.46. The highest BCUT2D eigenvalue weighted by molar-refractivity contribution is 5.23. The second-order valence-electron chi connectivity index (χ2n) is 5.62. The molecule has 0 aliphatic carbocycles. The third-order valence-corrected chi connectivity index (χ3v) is 4.21. The topological polar surface area (TPSA) is 78.5 Å². The standard InChI is InChI=1S/C14H21N3O3/c1-2-4-10-13(18)15-12(16-14(10)19)11-7-17-6-3-5-9(17)8-20-11/h9,11H,2-8H2,1H3,(H2,15,16,18,19). The molecule has 0 radical (unpaired) electrons. The fourth-order valence-corrected chi connectivity index (χ4v) is 3.11. The Morgan fingerprint density at radius 3 is 3.15 bits per heavy atom. The van der Waals surface area contributed by atoms with Crippen molar-refractivity contribution in [1.29, 1.82) is 0 Å². The van der Waals surface area contributed by atoms with Gasteiger partial charge in [-0.3, -0.25) is 9.69 Å². The lowest BCUT2D eigenvalue weighted by molar-refractivity contribution is -0.0544. The SMILES string of the molecule is CCCc1c(O)nc(C2CN3CCCC3CO2)[nH]c1=O. The molecule has 6 nitrogen and oxygen atoms in total. The first-order chi connectivity index (χ1) is 9.69. The highest BCUT2D eigenvalue weighted by Gasteiger charge is 2.34. The van der Waals surface area contributed by atoms with Crippen LogP contribution in [0.4, 0.5) is 0 Å². The van der Waals surface area contributed by atoms with E-state index in [0.29, 0.717) is 30.5 Å². The molecule has 2 aliphatic rings. The van der Waals surface area contributed by atoms with Crippen LogP contribution in [0.3, 0.4) is 0 Å². The van der Waals surface area contributed by atoms with Crippen LogP contribution in [-0.2, 0) is 11.2 Å². The van der Waals surface area contributed by atoms with Gasteiger partial charge in [0.1, 0.15) is 11.9 Å². The number of H-pyrrole nitrogens is 1. The third-order valence-electron chi connectivity index (χ3n) is 4.21. The van der Waals surface area contributed by atoms with E-state index < -0.39 is 0 Å². The number of aromatic hydroxyl groups is 1. The van der Waals surface area contributed by atoms with Crippen molar-refractivity contribution in [2.24, 2.45) is 0 Å². The summed E-state index contributed by atoms with van der Waals surface area (Å²) in [4.78, 5) is 21.3. The molecule has 0 saturated carbocycles. The van der Waals surface area contributed by atoms with Gasteiger partial charge in [0, 0.05) is 12.6 Å². The van der Waals surface area contributed by atoms with Crippen LogP contribution in [0.1, 0.15) is 43.7 Å². The molecule has 2 saturated heterocycles. The third kappa shape index (κ3) is 2.45. The second-order valence-corrected chi connectivity index (χ2v) is 5.62. The molecule has 2 aliphatic heterocycles. The average molecular weight is 279 g/mol. The maximum absolute atomic E-state index is 12.0. The van der Waals surface area contributed by atoms with E-state index in [4.69, 9.17) is 4.74 Å². The second kappa shape index (κ2) is 5.54. The monoisotopic (exact) mass is 279 g/mol. The maximum atomic E-state index is 12.0. The molecule has 20 heavy (non-hydrogen) atoms. The van der Waals surface area contributed by atoms with Crippen LogP contribution in [0.25, 0.3) is 0 Å². The van der Waals surface area contributed by atoms with Gasteiger partial charge in [-0.05, 0) is 25.8 Å². The minimum absolute atomic E-state index is 0.155. The highest BCUT2D eigenvalue weighted by atomic mass is 16.5. The molecule has 2 N–H and O–H groups in total. The van der Waals surface area contributed by atoms with Crippen LogP contribution < -0.4 is 5.56 Å². The van der Waals surface area contributed by atoms with E-state index in [1.54, 1.807) is 0 Å². The van der Waals surface area contributed by atoms with Crippen molar-refractivity contribution in [2.45, 2.75) is 44.8 Å². The summed E-state index contributed by atoms with van der Waals surface area (Å²) < 4.78 is 5.80. The van der Waals surface area contributed by atoms with Gasteiger partial charge >= 0.3 is 0 Å². The molecule has 0 spiro atoms. The number of ether oxygens (including phenoxy) is 1. The van der Waals surface area contributed by atoms with Crippen LogP contribution in [0.2, 0.25) is 0 Å². The quantitative estimate of drug-likeness (QED) is 0.861. The van der Waals surface area contributed by atoms with E-state index >= 15 is 0 Å². The predicted octanol–water partition coefficient (Wildman–Crippen LogP) is 0.964. The van der Waals surface area contributed by atoms with Crippen molar-refractivity contribution in [3.8, 4) is 5.88 Å². The van der Waals surface area contributed by atoms with Gasteiger partial charge in [-0.25, -0.2) is 0 Å². The normalized spacial score (nSPS) is 26.6. The summed E-state index contributed by atoms with van der Waals surface area (Å²) in [5.74, 6) is 0.287. The van der Waals surface area contributed by atoms with Crippen molar-refractivity contribution < 1.29 is 9.84 Å². The van der Waals surface area contributed by atoms with Gasteiger partial charge in [0.2, 0.25) is 5.88 Å². The summed E-state index contributed by atoms with van der Waals surface area (Å²) in [6, 6.07) is 0.505. The molecule has 3 heterocycles. The van der Waals surface area contributed by atoms with Gasteiger partial charge in [0.15, 0.2) is 0 Å². The van der Waals surface area contributed by atoms with Gasteiger partial charge in [0.05, 0.1) is 12.2 Å². The smallest absolute Gasteiger partial charge is 0.258 e. The summed E-state index contributed by atoms with van der Waals surface area (Å²) in [6.45, 7) is 4.45. The number of hydrogen-bond donors (Lipinski definition) is 2. The Morgan fingerprint density at radius 1 is 1.55 bits per heavy atom. The van der Waals surface area contributed by atoms with Crippen molar-refractivity contribution in [2.75, 3.05) is 19.7 Å². The molecule has 2 atom stereocenters. The molecule has 2 unspecified atom stereocenters. The van der Waals surface area contributed by atoms with E-state index in [1.807, 2.05) is 6.92 Å². The number of nitrogens with zero attached hydrogens (tertiary/aromatic N) is 2. The van der Waals surface area contributed by atoms with Crippen LogP contribution in [0, 0.1) is 0 Å². The van der Waals surface area contributed by atoms with Crippen molar-refractivity contribution >= 4 is 0 Å². The lowest BCUT2D eigenvalue weighted by atomic mass is 10.1.